The number of piperazine rings is 1. The molecule has 0 spiro atoms. The second-order valence-corrected chi connectivity index (χ2v) is 6.14. The SMILES string of the molecule is COc1cc(F)ccc1N1CCN(CC(O)COC(C)C)CC1. The van der Waals surface area contributed by atoms with Gasteiger partial charge < -0.3 is 19.5 Å². The topological polar surface area (TPSA) is 45.2 Å². The minimum Gasteiger partial charge on any atom is -0.494 e. The van der Waals surface area contributed by atoms with E-state index in [-0.39, 0.29) is 11.9 Å². The average molecular weight is 326 g/mol. The number of anilines is 1. The van der Waals surface area contributed by atoms with E-state index >= 15 is 0 Å². The number of β-amino-alcohol motifs (C(OH)–C–C–N with tert-alkyl or cyclic N) is 1. The fourth-order valence-electron chi connectivity index (χ4n) is 2.74. The van der Waals surface area contributed by atoms with Gasteiger partial charge in [0.1, 0.15) is 11.6 Å². The molecule has 1 aliphatic rings. The second kappa shape index (κ2) is 8.47. The molecule has 0 aliphatic carbocycles. The van der Waals surface area contributed by atoms with Crippen LogP contribution in [0.4, 0.5) is 10.1 Å². The number of aliphatic hydroxyl groups excluding tert-OH is 1. The summed E-state index contributed by atoms with van der Waals surface area (Å²) in [6, 6.07) is 4.63. The summed E-state index contributed by atoms with van der Waals surface area (Å²) in [7, 11) is 1.56. The summed E-state index contributed by atoms with van der Waals surface area (Å²) < 4.78 is 24.0. The van der Waals surface area contributed by atoms with E-state index in [1.54, 1.807) is 13.2 Å². The summed E-state index contributed by atoms with van der Waals surface area (Å²) in [5, 5.41) is 10.0. The van der Waals surface area contributed by atoms with Crippen molar-refractivity contribution in [2.75, 3.05) is 51.3 Å². The van der Waals surface area contributed by atoms with Gasteiger partial charge in [0.15, 0.2) is 0 Å². The van der Waals surface area contributed by atoms with E-state index in [0.29, 0.717) is 18.9 Å². The molecule has 2 rings (SSSR count). The van der Waals surface area contributed by atoms with Crippen molar-refractivity contribution in [1.29, 1.82) is 0 Å². The van der Waals surface area contributed by atoms with E-state index in [1.165, 1.54) is 12.1 Å². The predicted molar refractivity (Wildman–Crippen MR) is 88.7 cm³/mol. The summed E-state index contributed by atoms with van der Waals surface area (Å²) in [6.07, 6.45) is -0.336. The lowest BCUT2D eigenvalue weighted by Gasteiger charge is -2.37. The molecule has 1 fully saturated rings. The number of hydrogen-bond acceptors (Lipinski definition) is 5. The Morgan fingerprint density at radius 1 is 1.22 bits per heavy atom. The monoisotopic (exact) mass is 326 g/mol. The summed E-state index contributed by atoms with van der Waals surface area (Å²) in [5.74, 6) is 0.265. The van der Waals surface area contributed by atoms with Crippen LogP contribution >= 0.6 is 0 Å². The number of ether oxygens (including phenoxy) is 2. The van der Waals surface area contributed by atoms with Crippen molar-refractivity contribution < 1.29 is 19.0 Å². The standard InChI is InChI=1S/C17H27FN2O3/c1-13(2)23-12-15(21)11-19-6-8-20(9-7-19)16-5-4-14(18)10-17(16)22-3/h4-5,10,13,15,21H,6-9,11-12H2,1-3H3. The fraction of sp³-hybridized carbons (Fsp3) is 0.647. The molecule has 130 valence electrons. The van der Waals surface area contributed by atoms with Gasteiger partial charge in [0.25, 0.3) is 0 Å². The Kier molecular flexibility index (Phi) is 6.62. The molecular formula is C17H27FN2O3. The third-order valence-electron chi connectivity index (χ3n) is 3.95. The van der Waals surface area contributed by atoms with Gasteiger partial charge in [-0.05, 0) is 26.0 Å². The minimum absolute atomic E-state index is 0.132. The Bertz CT molecular complexity index is 491. The zero-order valence-electron chi connectivity index (χ0n) is 14.2. The molecule has 0 aromatic heterocycles. The number of benzene rings is 1. The maximum atomic E-state index is 13.3. The summed E-state index contributed by atoms with van der Waals surface area (Å²) in [4.78, 5) is 4.41. The van der Waals surface area contributed by atoms with Crippen LogP contribution in [0.15, 0.2) is 18.2 Å². The number of hydrogen-bond donors (Lipinski definition) is 1. The smallest absolute Gasteiger partial charge is 0.145 e. The average Bonchev–Trinajstić information content (AvgIpc) is 2.53. The highest BCUT2D eigenvalue weighted by Crippen LogP contribution is 2.29. The first-order valence-corrected chi connectivity index (χ1v) is 8.10. The van der Waals surface area contributed by atoms with Gasteiger partial charge in [-0.25, -0.2) is 4.39 Å². The van der Waals surface area contributed by atoms with Crippen molar-refractivity contribution in [3.63, 3.8) is 0 Å². The van der Waals surface area contributed by atoms with Crippen molar-refractivity contribution in [3.05, 3.63) is 24.0 Å². The van der Waals surface area contributed by atoms with Gasteiger partial charge in [-0.15, -0.1) is 0 Å². The Morgan fingerprint density at radius 3 is 2.52 bits per heavy atom. The number of aliphatic hydroxyl groups is 1. The lowest BCUT2D eigenvalue weighted by molar-refractivity contribution is -0.00900. The third kappa shape index (κ3) is 5.34. The van der Waals surface area contributed by atoms with Crippen LogP contribution in [-0.4, -0.2) is 68.7 Å². The molecule has 1 aliphatic heterocycles. The summed E-state index contributed by atoms with van der Waals surface area (Å²) in [5.41, 5.74) is 0.914. The first kappa shape index (κ1) is 18.0. The van der Waals surface area contributed by atoms with Crippen molar-refractivity contribution in [3.8, 4) is 5.75 Å². The lowest BCUT2D eigenvalue weighted by Crippen LogP contribution is -2.49. The van der Waals surface area contributed by atoms with Crippen LogP contribution in [0.1, 0.15) is 13.8 Å². The molecule has 1 heterocycles. The quantitative estimate of drug-likeness (QED) is 0.827. The van der Waals surface area contributed by atoms with E-state index in [4.69, 9.17) is 9.47 Å². The normalized spacial score (nSPS) is 17.6. The van der Waals surface area contributed by atoms with E-state index in [2.05, 4.69) is 9.80 Å². The third-order valence-corrected chi connectivity index (χ3v) is 3.95. The van der Waals surface area contributed by atoms with Crippen LogP contribution in [0.3, 0.4) is 0 Å². The highest BCUT2D eigenvalue weighted by atomic mass is 19.1. The fourth-order valence-corrected chi connectivity index (χ4v) is 2.74. The Hall–Kier alpha value is -1.37. The lowest BCUT2D eigenvalue weighted by atomic mass is 10.2. The van der Waals surface area contributed by atoms with Gasteiger partial charge in [-0.1, -0.05) is 0 Å². The number of halogens is 1. The molecule has 5 nitrogen and oxygen atoms in total. The van der Waals surface area contributed by atoms with Crippen LogP contribution in [-0.2, 0) is 4.74 Å². The molecule has 0 radical (unpaired) electrons. The van der Waals surface area contributed by atoms with Crippen LogP contribution in [0.5, 0.6) is 5.75 Å². The maximum absolute atomic E-state index is 13.3. The molecule has 1 unspecified atom stereocenters. The van der Waals surface area contributed by atoms with E-state index in [9.17, 15) is 9.50 Å². The van der Waals surface area contributed by atoms with Crippen molar-refractivity contribution in [1.82, 2.24) is 4.90 Å². The molecule has 0 amide bonds. The van der Waals surface area contributed by atoms with Gasteiger partial charge >= 0.3 is 0 Å². The number of nitrogens with zero attached hydrogens (tertiary/aromatic N) is 2. The molecule has 1 aromatic carbocycles. The van der Waals surface area contributed by atoms with E-state index in [1.807, 2.05) is 13.8 Å². The van der Waals surface area contributed by atoms with Crippen LogP contribution in [0.2, 0.25) is 0 Å². The largest absolute Gasteiger partial charge is 0.494 e. The van der Waals surface area contributed by atoms with Crippen molar-refractivity contribution in [2.45, 2.75) is 26.1 Å². The van der Waals surface area contributed by atoms with Crippen LogP contribution < -0.4 is 9.64 Å². The van der Waals surface area contributed by atoms with E-state index < -0.39 is 6.10 Å². The summed E-state index contributed by atoms with van der Waals surface area (Å²) >= 11 is 0. The first-order chi connectivity index (χ1) is 11.0. The van der Waals surface area contributed by atoms with Gasteiger partial charge in [0, 0.05) is 38.8 Å². The molecule has 23 heavy (non-hydrogen) atoms. The highest BCUT2D eigenvalue weighted by Gasteiger charge is 2.21. The molecular weight excluding hydrogens is 299 g/mol. The molecule has 6 heteroatoms. The zero-order chi connectivity index (χ0) is 16.8. The number of methoxy groups -OCH3 is 1. The molecule has 1 atom stereocenters. The number of rotatable bonds is 7. The molecule has 1 saturated heterocycles. The van der Waals surface area contributed by atoms with E-state index in [0.717, 1.165) is 31.9 Å². The molecule has 1 N–H and O–H groups in total. The van der Waals surface area contributed by atoms with Crippen LogP contribution in [0.25, 0.3) is 0 Å². The predicted octanol–water partition coefficient (Wildman–Crippen LogP) is 1.74. The second-order valence-electron chi connectivity index (χ2n) is 6.14. The zero-order valence-corrected chi connectivity index (χ0v) is 14.2. The first-order valence-electron chi connectivity index (χ1n) is 8.10. The molecule has 0 bridgehead atoms. The van der Waals surface area contributed by atoms with Crippen molar-refractivity contribution in [2.24, 2.45) is 0 Å². The summed E-state index contributed by atoms with van der Waals surface area (Å²) in [6.45, 7) is 8.23. The van der Waals surface area contributed by atoms with Gasteiger partial charge in [0.05, 0.1) is 31.6 Å². The minimum atomic E-state index is -0.468. The van der Waals surface area contributed by atoms with Gasteiger partial charge in [-0.2, -0.15) is 0 Å². The van der Waals surface area contributed by atoms with Gasteiger partial charge in [0.2, 0.25) is 0 Å². The Morgan fingerprint density at radius 2 is 1.91 bits per heavy atom. The molecule has 1 aromatic rings. The maximum Gasteiger partial charge on any atom is 0.145 e. The molecule has 0 saturated carbocycles. The van der Waals surface area contributed by atoms with Crippen LogP contribution in [0, 0.1) is 5.82 Å². The highest BCUT2D eigenvalue weighted by molar-refractivity contribution is 5.58. The Balaban J connectivity index is 1.84. The Labute approximate surface area is 137 Å². The van der Waals surface area contributed by atoms with Gasteiger partial charge in [-0.3, -0.25) is 4.90 Å². The van der Waals surface area contributed by atoms with Crippen molar-refractivity contribution >= 4 is 5.69 Å².